The smallest absolute Gasteiger partial charge is 0.414 e. The van der Waals surface area contributed by atoms with Gasteiger partial charge in [0.25, 0.3) is 5.95 Å². The summed E-state index contributed by atoms with van der Waals surface area (Å²) in [4.78, 5) is 26.8. The van der Waals surface area contributed by atoms with Gasteiger partial charge in [0.2, 0.25) is 0 Å². The number of carboxylic acids is 1. The number of aromatic carboxylic acids is 1. The SMILES string of the molecule is O=C(Nc1nc2c(C(=O)O)cccn2n1)OCc1ccccc1. The number of nitrogens with one attached hydrogen (secondary N) is 1. The highest BCUT2D eigenvalue weighted by Gasteiger charge is 2.14. The molecule has 0 aliphatic carbocycles. The molecule has 116 valence electrons. The van der Waals surface area contributed by atoms with Crippen molar-refractivity contribution < 1.29 is 19.4 Å². The molecule has 2 heterocycles. The number of ether oxygens (including phenoxy) is 1. The summed E-state index contributed by atoms with van der Waals surface area (Å²) in [6.45, 7) is 0.112. The Bertz CT molecular complexity index is 860. The molecule has 8 nitrogen and oxygen atoms in total. The van der Waals surface area contributed by atoms with Crippen LogP contribution in [0, 0.1) is 0 Å². The Hall–Kier alpha value is -3.42. The summed E-state index contributed by atoms with van der Waals surface area (Å²) in [5.74, 6) is -1.15. The maximum Gasteiger partial charge on any atom is 0.414 e. The van der Waals surface area contributed by atoms with Crippen molar-refractivity contribution in [3.8, 4) is 0 Å². The predicted molar refractivity (Wildman–Crippen MR) is 80.2 cm³/mol. The second kappa shape index (κ2) is 6.14. The largest absolute Gasteiger partial charge is 0.478 e. The van der Waals surface area contributed by atoms with Crippen LogP contribution >= 0.6 is 0 Å². The second-order valence-electron chi connectivity index (χ2n) is 4.62. The quantitative estimate of drug-likeness (QED) is 0.765. The lowest BCUT2D eigenvalue weighted by Gasteiger charge is -2.03. The van der Waals surface area contributed by atoms with Gasteiger partial charge in [-0.15, -0.1) is 5.10 Å². The van der Waals surface area contributed by atoms with E-state index in [2.05, 4.69) is 15.4 Å². The Morgan fingerprint density at radius 2 is 1.96 bits per heavy atom. The highest BCUT2D eigenvalue weighted by atomic mass is 16.5. The van der Waals surface area contributed by atoms with Crippen LogP contribution in [0.1, 0.15) is 15.9 Å². The van der Waals surface area contributed by atoms with E-state index in [1.54, 1.807) is 0 Å². The van der Waals surface area contributed by atoms with Gasteiger partial charge in [-0.25, -0.2) is 14.1 Å². The molecule has 1 aromatic carbocycles. The Balaban J connectivity index is 1.70. The number of amides is 1. The van der Waals surface area contributed by atoms with Gasteiger partial charge in [0.05, 0.1) is 0 Å². The zero-order valence-corrected chi connectivity index (χ0v) is 11.8. The molecule has 0 unspecified atom stereocenters. The first-order valence-electron chi connectivity index (χ1n) is 6.70. The number of aromatic nitrogens is 3. The average Bonchev–Trinajstić information content (AvgIpc) is 2.95. The van der Waals surface area contributed by atoms with Crippen molar-refractivity contribution in [3.63, 3.8) is 0 Å². The molecule has 2 aromatic heterocycles. The lowest BCUT2D eigenvalue weighted by atomic mass is 10.2. The fraction of sp³-hybridized carbons (Fsp3) is 0.0667. The number of anilines is 1. The van der Waals surface area contributed by atoms with Crippen LogP contribution in [0.3, 0.4) is 0 Å². The molecular formula is C15H12N4O4. The topological polar surface area (TPSA) is 106 Å². The number of carbonyl (C=O) groups is 2. The van der Waals surface area contributed by atoms with Gasteiger partial charge in [0.1, 0.15) is 12.2 Å². The van der Waals surface area contributed by atoms with Gasteiger partial charge in [0.15, 0.2) is 5.65 Å². The van der Waals surface area contributed by atoms with E-state index in [4.69, 9.17) is 9.84 Å². The summed E-state index contributed by atoms with van der Waals surface area (Å²) < 4.78 is 6.32. The minimum atomic E-state index is -1.12. The first kappa shape index (κ1) is 14.5. The van der Waals surface area contributed by atoms with Crippen LogP contribution in [-0.2, 0) is 11.3 Å². The normalized spacial score (nSPS) is 10.4. The minimum absolute atomic E-state index is 0.00861. The molecule has 0 saturated heterocycles. The van der Waals surface area contributed by atoms with Crippen molar-refractivity contribution in [3.05, 3.63) is 59.8 Å². The molecule has 0 radical (unpaired) electrons. The van der Waals surface area contributed by atoms with Gasteiger partial charge < -0.3 is 9.84 Å². The van der Waals surface area contributed by atoms with E-state index in [0.29, 0.717) is 0 Å². The van der Waals surface area contributed by atoms with E-state index in [9.17, 15) is 9.59 Å². The molecule has 0 bridgehead atoms. The van der Waals surface area contributed by atoms with E-state index in [-0.39, 0.29) is 23.8 Å². The van der Waals surface area contributed by atoms with E-state index in [0.717, 1.165) is 5.56 Å². The fourth-order valence-corrected chi connectivity index (χ4v) is 1.98. The summed E-state index contributed by atoms with van der Waals surface area (Å²) >= 11 is 0. The lowest BCUT2D eigenvalue weighted by Crippen LogP contribution is -2.14. The van der Waals surface area contributed by atoms with Crippen LogP contribution in [0.4, 0.5) is 10.7 Å². The first-order chi connectivity index (χ1) is 11.1. The standard InChI is InChI=1S/C15H12N4O4/c20-13(21)11-7-4-8-19-12(11)16-14(18-19)17-15(22)23-9-10-5-2-1-3-6-10/h1-8H,9H2,(H,20,21)(H,17,18,22). The van der Waals surface area contributed by atoms with E-state index >= 15 is 0 Å². The highest BCUT2D eigenvalue weighted by Crippen LogP contribution is 2.11. The van der Waals surface area contributed by atoms with Crippen LogP contribution < -0.4 is 5.32 Å². The molecule has 0 spiro atoms. The third-order valence-electron chi connectivity index (χ3n) is 3.02. The lowest BCUT2D eigenvalue weighted by molar-refractivity contribution is 0.0698. The summed E-state index contributed by atoms with van der Waals surface area (Å²) in [7, 11) is 0. The molecule has 3 rings (SSSR count). The molecule has 0 atom stereocenters. The van der Waals surface area contributed by atoms with E-state index in [1.165, 1.54) is 22.8 Å². The molecule has 3 aromatic rings. The molecule has 0 saturated carbocycles. The number of nitrogens with zero attached hydrogens (tertiary/aromatic N) is 3. The number of rotatable bonds is 4. The summed E-state index contributed by atoms with van der Waals surface area (Å²) in [6, 6.07) is 12.1. The zero-order valence-electron chi connectivity index (χ0n) is 11.8. The van der Waals surface area contributed by atoms with Crippen LogP contribution in [0.2, 0.25) is 0 Å². The van der Waals surface area contributed by atoms with E-state index < -0.39 is 12.1 Å². The second-order valence-corrected chi connectivity index (χ2v) is 4.62. The molecule has 23 heavy (non-hydrogen) atoms. The molecule has 1 amide bonds. The minimum Gasteiger partial charge on any atom is -0.478 e. The van der Waals surface area contributed by atoms with Crippen LogP contribution in [0.25, 0.3) is 5.65 Å². The number of carbonyl (C=O) groups excluding carboxylic acids is 1. The average molecular weight is 312 g/mol. The number of carboxylic acid groups (broad SMARTS) is 1. The van der Waals surface area contributed by atoms with Crippen molar-refractivity contribution in [2.24, 2.45) is 0 Å². The van der Waals surface area contributed by atoms with Gasteiger partial charge in [-0.05, 0) is 17.7 Å². The zero-order chi connectivity index (χ0) is 16.2. The third-order valence-corrected chi connectivity index (χ3v) is 3.02. The molecule has 0 aliphatic rings. The predicted octanol–water partition coefficient (Wildman–Crippen LogP) is 2.18. The van der Waals surface area contributed by atoms with Crippen LogP contribution in [0.5, 0.6) is 0 Å². The maximum atomic E-state index is 11.7. The number of hydrogen-bond donors (Lipinski definition) is 2. The number of fused-ring (bicyclic) bond motifs is 1. The molecule has 8 heteroatoms. The van der Waals surface area contributed by atoms with Crippen molar-refractivity contribution in [1.29, 1.82) is 0 Å². The Labute approximate surface area is 130 Å². The third kappa shape index (κ3) is 3.26. The first-order valence-corrected chi connectivity index (χ1v) is 6.70. The maximum absolute atomic E-state index is 11.7. The van der Waals surface area contributed by atoms with Crippen molar-refractivity contribution in [2.45, 2.75) is 6.61 Å². The Kier molecular flexibility index (Phi) is 3.88. The number of benzene rings is 1. The van der Waals surface area contributed by atoms with Gasteiger partial charge in [-0.2, -0.15) is 4.98 Å². The van der Waals surface area contributed by atoms with Gasteiger partial charge in [-0.3, -0.25) is 5.32 Å². The Morgan fingerprint density at radius 3 is 2.70 bits per heavy atom. The van der Waals surface area contributed by atoms with Gasteiger partial charge in [-0.1, -0.05) is 30.3 Å². The number of pyridine rings is 1. The molecular weight excluding hydrogens is 300 g/mol. The number of hydrogen-bond acceptors (Lipinski definition) is 5. The highest BCUT2D eigenvalue weighted by molar-refractivity contribution is 5.94. The van der Waals surface area contributed by atoms with Gasteiger partial charge >= 0.3 is 12.1 Å². The summed E-state index contributed by atoms with van der Waals surface area (Å²) in [6.07, 6.45) is 0.816. The molecule has 2 N–H and O–H groups in total. The van der Waals surface area contributed by atoms with E-state index in [1.807, 2.05) is 30.3 Å². The fourth-order valence-electron chi connectivity index (χ4n) is 1.98. The van der Waals surface area contributed by atoms with Crippen molar-refractivity contribution in [1.82, 2.24) is 14.6 Å². The van der Waals surface area contributed by atoms with Gasteiger partial charge in [0, 0.05) is 6.20 Å². The Morgan fingerprint density at radius 1 is 1.17 bits per heavy atom. The summed E-state index contributed by atoms with van der Waals surface area (Å²) in [5.41, 5.74) is 0.975. The monoisotopic (exact) mass is 312 g/mol. The summed E-state index contributed by atoms with van der Waals surface area (Å²) in [5, 5.41) is 15.4. The van der Waals surface area contributed by atoms with Crippen LogP contribution in [-0.4, -0.2) is 31.8 Å². The molecule has 0 fully saturated rings. The van der Waals surface area contributed by atoms with Crippen molar-refractivity contribution >= 4 is 23.7 Å². The molecule has 0 aliphatic heterocycles. The van der Waals surface area contributed by atoms with Crippen molar-refractivity contribution in [2.75, 3.05) is 5.32 Å². The van der Waals surface area contributed by atoms with Crippen LogP contribution in [0.15, 0.2) is 48.7 Å².